The maximum Gasteiger partial charge on any atom is 0.271 e. The van der Waals surface area contributed by atoms with Crippen LogP contribution in [0.15, 0.2) is 24.9 Å². The number of nitrogens with zero attached hydrogens (tertiary/aromatic N) is 3. The molecule has 18 heavy (non-hydrogen) atoms. The van der Waals surface area contributed by atoms with Crippen LogP contribution in [0.4, 0.5) is 5.82 Å². The van der Waals surface area contributed by atoms with Gasteiger partial charge >= 0.3 is 0 Å². The Morgan fingerprint density at radius 3 is 2.94 bits per heavy atom. The minimum atomic E-state index is -0.292. The van der Waals surface area contributed by atoms with Crippen molar-refractivity contribution in [3.8, 4) is 0 Å². The van der Waals surface area contributed by atoms with E-state index in [2.05, 4.69) is 30.7 Å². The fourth-order valence-electron chi connectivity index (χ4n) is 1.37. The van der Waals surface area contributed by atoms with Crippen LogP contribution in [-0.4, -0.2) is 32.4 Å². The molecule has 0 radical (unpaired) electrons. The maximum atomic E-state index is 11.7. The van der Waals surface area contributed by atoms with Gasteiger partial charge < -0.3 is 15.7 Å². The first-order valence-corrected chi connectivity index (χ1v) is 5.33. The third-order valence-corrected chi connectivity index (χ3v) is 2.25. The summed E-state index contributed by atoms with van der Waals surface area (Å²) in [7, 11) is 0. The quantitative estimate of drug-likeness (QED) is 0.416. The van der Waals surface area contributed by atoms with Crippen molar-refractivity contribution in [3.05, 3.63) is 36.3 Å². The number of aromatic amines is 1. The number of hydrogen-bond acceptors (Lipinski definition) is 6. The van der Waals surface area contributed by atoms with E-state index in [0.717, 1.165) is 5.69 Å². The number of rotatable bonds is 5. The zero-order valence-electron chi connectivity index (χ0n) is 9.55. The molecule has 0 fully saturated rings. The molecular formula is C10H13N7O. The third-order valence-electron chi connectivity index (χ3n) is 2.25. The number of carbonyl (C=O) groups is 1. The molecule has 5 N–H and O–H groups in total. The molecule has 0 aliphatic carbocycles. The molecule has 0 aliphatic rings. The molecule has 0 aliphatic heterocycles. The van der Waals surface area contributed by atoms with Crippen molar-refractivity contribution in [2.45, 2.75) is 6.42 Å². The van der Waals surface area contributed by atoms with Gasteiger partial charge in [-0.15, -0.1) is 0 Å². The normalized spacial score (nSPS) is 10.1. The van der Waals surface area contributed by atoms with Gasteiger partial charge in [-0.2, -0.15) is 0 Å². The second kappa shape index (κ2) is 5.73. The van der Waals surface area contributed by atoms with Crippen LogP contribution in [0.25, 0.3) is 0 Å². The molecule has 0 atom stereocenters. The van der Waals surface area contributed by atoms with E-state index in [0.29, 0.717) is 18.8 Å². The lowest BCUT2D eigenvalue weighted by Crippen LogP contribution is -2.27. The molecule has 0 unspecified atom stereocenters. The highest BCUT2D eigenvalue weighted by Crippen LogP contribution is 2.00. The molecule has 8 nitrogen and oxygen atoms in total. The Hall–Kier alpha value is -2.48. The molecule has 0 saturated heterocycles. The summed E-state index contributed by atoms with van der Waals surface area (Å²) < 4.78 is 0. The minimum Gasteiger partial charge on any atom is -0.350 e. The molecule has 2 rings (SSSR count). The van der Waals surface area contributed by atoms with Crippen molar-refractivity contribution in [1.29, 1.82) is 0 Å². The molecule has 94 valence electrons. The lowest BCUT2D eigenvalue weighted by molar-refractivity contribution is 0.0949. The fourth-order valence-corrected chi connectivity index (χ4v) is 1.37. The van der Waals surface area contributed by atoms with Crippen molar-refractivity contribution in [2.75, 3.05) is 12.0 Å². The Balaban J connectivity index is 1.87. The Morgan fingerprint density at radius 1 is 1.33 bits per heavy atom. The number of anilines is 1. The van der Waals surface area contributed by atoms with Gasteiger partial charge in [0.2, 0.25) is 0 Å². The van der Waals surface area contributed by atoms with Crippen molar-refractivity contribution in [2.24, 2.45) is 5.84 Å². The minimum absolute atomic E-state index is 0.218. The second-order valence-electron chi connectivity index (χ2n) is 3.52. The van der Waals surface area contributed by atoms with Crippen molar-refractivity contribution >= 4 is 11.7 Å². The van der Waals surface area contributed by atoms with E-state index in [1.807, 2.05) is 0 Å². The van der Waals surface area contributed by atoms with E-state index in [9.17, 15) is 4.79 Å². The number of H-pyrrole nitrogens is 1. The average Bonchev–Trinajstić information content (AvgIpc) is 2.92. The summed E-state index contributed by atoms with van der Waals surface area (Å²) in [6.45, 7) is 0.489. The molecule has 1 amide bonds. The summed E-state index contributed by atoms with van der Waals surface area (Å²) in [6.07, 6.45) is 6.80. The Kier molecular flexibility index (Phi) is 3.82. The van der Waals surface area contributed by atoms with E-state index in [-0.39, 0.29) is 11.6 Å². The van der Waals surface area contributed by atoms with Gasteiger partial charge in [0, 0.05) is 24.9 Å². The predicted molar refractivity (Wildman–Crippen MR) is 64.5 cm³/mol. The highest BCUT2D eigenvalue weighted by Gasteiger charge is 2.07. The SMILES string of the molecule is NNc1cncc(C(=O)NCCc2cnc[nH]2)n1. The summed E-state index contributed by atoms with van der Waals surface area (Å²) in [5.41, 5.74) is 3.51. The lowest BCUT2D eigenvalue weighted by atomic mass is 10.3. The summed E-state index contributed by atoms with van der Waals surface area (Å²) in [4.78, 5) is 26.4. The third kappa shape index (κ3) is 3.01. The summed E-state index contributed by atoms with van der Waals surface area (Å²) in [6, 6.07) is 0. The molecule has 2 heterocycles. The molecular weight excluding hydrogens is 234 g/mol. The first-order valence-electron chi connectivity index (χ1n) is 5.33. The highest BCUT2D eigenvalue weighted by molar-refractivity contribution is 5.92. The van der Waals surface area contributed by atoms with Crippen LogP contribution in [-0.2, 0) is 6.42 Å². The number of imidazole rings is 1. The van der Waals surface area contributed by atoms with Gasteiger partial charge in [-0.25, -0.2) is 15.8 Å². The van der Waals surface area contributed by atoms with Gasteiger partial charge in [-0.05, 0) is 0 Å². The molecule has 0 bridgehead atoms. The fraction of sp³-hybridized carbons (Fsp3) is 0.200. The van der Waals surface area contributed by atoms with Gasteiger partial charge in [-0.3, -0.25) is 9.78 Å². The number of nitrogens with two attached hydrogens (primary N) is 1. The molecule has 8 heteroatoms. The lowest BCUT2D eigenvalue weighted by Gasteiger charge is -2.04. The summed E-state index contributed by atoms with van der Waals surface area (Å²) in [5, 5.41) is 2.73. The van der Waals surface area contributed by atoms with Crippen LogP contribution in [0.1, 0.15) is 16.2 Å². The Morgan fingerprint density at radius 2 is 2.22 bits per heavy atom. The number of nitrogens with one attached hydrogen (secondary N) is 3. The molecule has 0 aromatic carbocycles. The van der Waals surface area contributed by atoms with E-state index in [1.165, 1.54) is 12.4 Å². The average molecular weight is 247 g/mol. The topological polar surface area (TPSA) is 122 Å². The zero-order valence-corrected chi connectivity index (χ0v) is 9.55. The number of hydrazine groups is 1. The van der Waals surface area contributed by atoms with Crippen molar-refractivity contribution < 1.29 is 4.79 Å². The number of carbonyl (C=O) groups excluding carboxylic acids is 1. The van der Waals surface area contributed by atoms with Crippen LogP contribution < -0.4 is 16.6 Å². The molecule has 2 aromatic heterocycles. The second-order valence-corrected chi connectivity index (χ2v) is 3.52. The molecule has 0 saturated carbocycles. The largest absolute Gasteiger partial charge is 0.350 e. The molecule has 0 spiro atoms. The highest BCUT2D eigenvalue weighted by atomic mass is 16.1. The van der Waals surface area contributed by atoms with Gasteiger partial charge in [0.05, 0.1) is 18.7 Å². The number of aromatic nitrogens is 4. The van der Waals surface area contributed by atoms with Crippen LogP contribution >= 0.6 is 0 Å². The predicted octanol–water partition coefficient (Wildman–Crippen LogP) is -0.542. The van der Waals surface area contributed by atoms with Gasteiger partial charge in [0.15, 0.2) is 5.82 Å². The number of amides is 1. The van der Waals surface area contributed by atoms with Crippen LogP contribution in [0.2, 0.25) is 0 Å². The van der Waals surface area contributed by atoms with E-state index in [1.54, 1.807) is 12.5 Å². The first-order chi connectivity index (χ1) is 8.79. The van der Waals surface area contributed by atoms with Crippen LogP contribution in [0, 0.1) is 0 Å². The summed E-state index contributed by atoms with van der Waals surface area (Å²) in [5.74, 6) is 5.24. The van der Waals surface area contributed by atoms with Gasteiger partial charge in [0.1, 0.15) is 5.69 Å². The standard InChI is InChI=1S/C10H13N7O/c11-17-9-5-12-4-8(16-9)10(18)14-2-1-7-3-13-6-15-7/h3-6H,1-2,11H2,(H,13,15)(H,14,18)(H,16,17). The van der Waals surface area contributed by atoms with Crippen LogP contribution in [0.5, 0.6) is 0 Å². The number of hydrogen-bond donors (Lipinski definition) is 4. The van der Waals surface area contributed by atoms with Gasteiger partial charge in [-0.1, -0.05) is 0 Å². The zero-order chi connectivity index (χ0) is 12.8. The van der Waals surface area contributed by atoms with E-state index >= 15 is 0 Å². The summed E-state index contributed by atoms with van der Waals surface area (Å²) >= 11 is 0. The smallest absolute Gasteiger partial charge is 0.271 e. The first kappa shape index (κ1) is 12.0. The Labute approximate surface area is 103 Å². The number of nitrogen functional groups attached to an aromatic ring is 1. The van der Waals surface area contributed by atoms with Gasteiger partial charge in [0.25, 0.3) is 5.91 Å². The maximum absolute atomic E-state index is 11.7. The molecule has 2 aromatic rings. The van der Waals surface area contributed by atoms with E-state index < -0.39 is 0 Å². The van der Waals surface area contributed by atoms with Crippen molar-refractivity contribution in [3.63, 3.8) is 0 Å². The van der Waals surface area contributed by atoms with Crippen LogP contribution in [0.3, 0.4) is 0 Å². The van der Waals surface area contributed by atoms with Crippen molar-refractivity contribution in [1.82, 2.24) is 25.3 Å². The van der Waals surface area contributed by atoms with E-state index in [4.69, 9.17) is 5.84 Å². The monoisotopic (exact) mass is 247 g/mol. The Bertz CT molecular complexity index is 511.